The molecule has 0 atom stereocenters. The number of carboxylic acid groups (broad SMARTS) is 1. The van der Waals surface area contributed by atoms with Crippen molar-refractivity contribution in [2.75, 3.05) is 0 Å². The first kappa shape index (κ1) is 13.0. The molecule has 0 saturated carbocycles. The highest BCUT2D eigenvalue weighted by Crippen LogP contribution is 2.14. The molecule has 1 heterocycles. The van der Waals surface area contributed by atoms with Crippen molar-refractivity contribution in [1.29, 1.82) is 0 Å². The molecule has 0 amide bonds. The second kappa shape index (κ2) is 5.49. The number of aromatic carboxylic acids is 1. The van der Waals surface area contributed by atoms with Crippen LogP contribution in [0.3, 0.4) is 0 Å². The Morgan fingerprint density at radius 1 is 1.16 bits per heavy atom. The van der Waals surface area contributed by atoms with Crippen LogP contribution in [0.4, 0.5) is 0 Å². The number of carbonyl (C=O) groups excluding carboxylic acids is 1. The summed E-state index contributed by atoms with van der Waals surface area (Å²) in [6, 6.07) is 8.70. The van der Waals surface area contributed by atoms with E-state index in [0.717, 1.165) is 0 Å². The van der Waals surface area contributed by atoms with Gasteiger partial charge in [-0.1, -0.05) is 17.7 Å². The molecular formula is C13H8ClNO4. The van der Waals surface area contributed by atoms with Gasteiger partial charge in [0.1, 0.15) is 0 Å². The molecule has 96 valence electrons. The van der Waals surface area contributed by atoms with E-state index in [4.69, 9.17) is 21.4 Å². The first-order valence-corrected chi connectivity index (χ1v) is 5.61. The predicted octanol–water partition coefficient (Wildman–Crippen LogP) is 2.65. The van der Waals surface area contributed by atoms with E-state index in [1.807, 2.05) is 0 Å². The molecule has 0 fully saturated rings. The van der Waals surface area contributed by atoms with Crippen LogP contribution >= 0.6 is 11.6 Å². The second-order valence-corrected chi connectivity index (χ2v) is 4.02. The lowest BCUT2D eigenvalue weighted by molar-refractivity contribution is 0.0685. The van der Waals surface area contributed by atoms with Crippen LogP contribution in [0.5, 0.6) is 5.88 Å². The monoisotopic (exact) mass is 277 g/mol. The summed E-state index contributed by atoms with van der Waals surface area (Å²) in [5.74, 6) is -1.86. The lowest BCUT2D eigenvalue weighted by Gasteiger charge is -2.04. The predicted molar refractivity (Wildman–Crippen MR) is 67.6 cm³/mol. The Morgan fingerprint density at radius 2 is 1.95 bits per heavy atom. The van der Waals surface area contributed by atoms with Crippen LogP contribution in [-0.2, 0) is 0 Å². The Bertz CT molecular complexity index is 642. The van der Waals surface area contributed by atoms with Crippen molar-refractivity contribution in [3.63, 3.8) is 0 Å². The van der Waals surface area contributed by atoms with E-state index in [9.17, 15) is 9.59 Å². The minimum Gasteiger partial charge on any atom is -0.478 e. The van der Waals surface area contributed by atoms with Gasteiger partial charge in [0.05, 0.1) is 11.1 Å². The molecule has 0 aliphatic rings. The van der Waals surface area contributed by atoms with E-state index >= 15 is 0 Å². The number of benzene rings is 1. The molecule has 1 aromatic heterocycles. The maximum Gasteiger partial charge on any atom is 0.344 e. The fourth-order valence-corrected chi connectivity index (χ4v) is 1.56. The number of halogens is 1. The molecule has 0 aliphatic carbocycles. The third-order valence-corrected chi connectivity index (χ3v) is 2.47. The molecule has 0 bridgehead atoms. The number of nitrogens with zero attached hydrogens (tertiary/aromatic N) is 1. The standard InChI is InChI=1S/C13H8ClNO4/c14-10-3-1-2-9(6-10)13(18)19-11-7-8(12(16)17)4-5-15-11/h1-7H,(H,16,17). The molecular weight excluding hydrogens is 270 g/mol. The number of hydrogen-bond acceptors (Lipinski definition) is 4. The van der Waals surface area contributed by atoms with Crippen molar-refractivity contribution >= 4 is 23.5 Å². The summed E-state index contributed by atoms with van der Waals surface area (Å²) in [5.41, 5.74) is 0.249. The van der Waals surface area contributed by atoms with Crippen LogP contribution in [0.2, 0.25) is 5.02 Å². The van der Waals surface area contributed by atoms with Gasteiger partial charge in [0, 0.05) is 17.3 Å². The van der Waals surface area contributed by atoms with Gasteiger partial charge in [-0.25, -0.2) is 14.6 Å². The van der Waals surface area contributed by atoms with Crippen LogP contribution < -0.4 is 4.74 Å². The number of carbonyl (C=O) groups is 2. The molecule has 19 heavy (non-hydrogen) atoms. The summed E-state index contributed by atoms with van der Waals surface area (Å²) in [5, 5.41) is 9.22. The molecule has 0 radical (unpaired) electrons. The smallest absolute Gasteiger partial charge is 0.344 e. The van der Waals surface area contributed by atoms with E-state index in [2.05, 4.69) is 4.98 Å². The van der Waals surface area contributed by atoms with Gasteiger partial charge >= 0.3 is 11.9 Å². The van der Waals surface area contributed by atoms with E-state index < -0.39 is 11.9 Å². The maximum atomic E-state index is 11.8. The minimum absolute atomic E-state index is 0.0103. The summed E-state index contributed by atoms with van der Waals surface area (Å²) in [6.45, 7) is 0. The Balaban J connectivity index is 2.19. The van der Waals surface area contributed by atoms with Gasteiger partial charge in [-0.3, -0.25) is 0 Å². The van der Waals surface area contributed by atoms with E-state index in [0.29, 0.717) is 5.02 Å². The summed E-state index contributed by atoms with van der Waals surface area (Å²) >= 11 is 5.76. The third-order valence-electron chi connectivity index (χ3n) is 2.24. The number of ether oxygens (including phenoxy) is 1. The van der Waals surface area contributed by atoms with Crippen molar-refractivity contribution in [2.24, 2.45) is 0 Å². The normalized spacial score (nSPS) is 9.95. The Labute approximate surface area is 113 Å². The van der Waals surface area contributed by atoms with Gasteiger partial charge in [0.25, 0.3) is 0 Å². The highest BCUT2D eigenvalue weighted by Gasteiger charge is 2.11. The van der Waals surface area contributed by atoms with Crippen LogP contribution in [-0.4, -0.2) is 22.0 Å². The average molecular weight is 278 g/mol. The second-order valence-electron chi connectivity index (χ2n) is 3.59. The molecule has 0 unspecified atom stereocenters. The highest BCUT2D eigenvalue weighted by atomic mass is 35.5. The molecule has 5 nitrogen and oxygen atoms in total. The van der Waals surface area contributed by atoms with Crippen LogP contribution in [0.15, 0.2) is 42.6 Å². The van der Waals surface area contributed by atoms with Crippen LogP contribution in [0, 0.1) is 0 Å². The van der Waals surface area contributed by atoms with Crippen molar-refractivity contribution < 1.29 is 19.4 Å². The van der Waals surface area contributed by atoms with Gasteiger partial charge < -0.3 is 9.84 Å². The van der Waals surface area contributed by atoms with Gasteiger partial charge in [-0.2, -0.15) is 0 Å². The number of rotatable bonds is 3. The zero-order chi connectivity index (χ0) is 13.8. The van der Waals surface area contributed by atoms with Crippen molar-refractivity contribution in [2.45, 2.75) is 0 Å². The molecule has 1 aromatic carbocycles. The first-order valence-electron chi connectivity index (χ1n) is 5.23. The van der Waals surface area contributed by atoms with Crippen molar-refractivity contribution in [1.82, 2.24) is 4.98 Å². The summed E-state index contributed by atoms with van der Waals surface area (Å²) < 4.78 is 4.97. The van der Waals surface area contributed by atoms with Crippen LogP contribution in [0.1, 0.15) is 20.7 Å². The quantitative estimate of drug-likeness (QED) is 0.873. The fraction of sp³-hybridized carbons (Fsp3) is 0. The molecule has 0 aliphatic heterocycles. The largest absolute Gasteiger partial charge is 0.478 e. The number of carboxylic acids is 1. The fourth-order valence-electron chi connectivity index (χ4n) is 1.37. The summed E-state index contributed by atoms with van der Waals surface area (Å²) in [6.07, 6.45) is 1.25. The van der Waals surface area contributed by atoms with Gasteiger partial charge in [0.15, 0.2) is 0 Å². The van der Waals surface area contributed by atoms with Crippen molar-refractivity contribution in [3.05, 3.63) is 58.7 Å². The number of pyridine rings is 1. The number of esters is 1. The molecule has 6 heteroatoms. The number of aromatic nitrogens is 1. The topological polar surface area (TPSA) is 76.5 Å². The van der Waals surface area contributed by atoms with E-state index in [1.165, 1.54) is 30.5 Å². The van der Waals surface area contributed by atoms with Gasteiger partial charge in [0.2, 0.25) is 5.88 Å². The lowest BCUT2D eigenvalue weighted by atomic mass is 10.2. The SMILES string of the molecule is O=C(O)c1ccnc(OC(=O)c2cccc(Cl)c2)c1. The van der Waals surface area contributed by atoms with E-state index in [-0.39, 0.29) is 17.0 Å². The third kappa shape index (κ3) is 3.29. The molecule has 0 saturated heterocycles. The Hall–Kier alpha value is -2.40. The van der Waals surface area contributed by atoms with Crippen LogP contribution in [0.25, 0.3) is 0 Å². The lowest BCUT2D eigenvalue weighted by Crippen LogP contribution is -2.10. The first-order chi connectivity index (χ1) is 9.06. The average Bonchev–Trinajstić information content (AvgIpc) is 2.39. The van der Waals surface area contributed by atoms with Gasteiger partial charge in [-0.15, -0.1) is 0 Å². The highest BCUT2D eigenvalue weighted by molar-refractivity contribution is 6.30. The zero-order valence-electron chi connectivity index (χ0n) is 9.54. The van der Waals surface area contributed by atoms with Gasteiger partial charge in [-0.05, 0) is 24.3 Å². The minimum atomic E-state index is -1.12. The summed E-state index contributed by atoms with van der Waals surface area (Å²) in [4.78, 5) is 26.3. The van der Waals surface area contributed by atoms with E-state index in [1.54, 1.807) is 12.1 Å². The number of hydrogen-bond donors (Lipinski definition) is 1. The molecule has 2 aromatic rings. The zero-order valence-corrected chi connectivity index (χ0v) is 10.3. The maximum absolute atomic E-state index is 11.8. The Kier molecular flexibility index (Phi) is 3.77. The molecule has 0 spiro atoms. The summed E-state index contributed by atoms with van der Waals surface area (Å²) in [7, 11) is 0. The Morgan fingerprint density at radius 3 is 2.63 bits per heavy atom. The molecule has 2 rings (SSSR count). The molecule has 1 N–H and O–H groups in total. The van der Waals surface area contributed by atoms with Crippen molar-refractivity contribution in [3.8, 4) is 5.88 Å².